The van der Waals surface area contributed by atoms with Gasteiger partial charge in [-0.15, -0.1) is 0 Å². The van der Waals surface area contributed by atoms with Crippen LogP contribution in [0.15, 0.2) is 85.3 Å². The van der Waals surface area contributed by atoms with Crippen LogP contribution in [0.4, 0.5) is 0 Å². The number of imidazole rings is 1. The number of benzene rings is 3. The molecule has 0 aliphatic heterocycles. The molecule has 5 aromatic rings. The number of nitrogens with zero attached hydrogens (tertiary/aromatic N) is 4. The Morgan fingerprint density at radius 2 is 1.70 bits per heavy atom. The van der Waals surface area contributed by atoms with Crippen LogP contribution >= 0.6 is 11.6 Å². The summed E-state index contributed by atoms with van der Waals surface area (Å²) in [6, 6.07) is 26.6. The summed E-state index contributed by atoms with van der Waals surface area (Å²) in [5, 5.41) is 11.1. The fourth-order valence-corrected chi connectivity index (χ4v) is 4.66. The van der Waals surface area contributed by atoms with Crippen LogP contribution < -0.4 is 0 Å². The quantitative estimate of drug-likeness (QED) is 0.309. The number of pyridine rings is 1. The van der Waals surface area contributed by atoms with E-state index in [2.05, 4.69) is 59.4 Å². The molecule has 0 amide bonds. The summed E-state index contributed by atoms with van der Waals surface area (Å²) in [4.78, 5) is 8.99. The summed E-state index contributed by atoms with van der Waals surface area (Å²) in [6.07, 6.45) is 3.72. The summed E-state index contributed by atoms with van der Waals surface area (Å²) in [6.45, 7) is 2.09. The van der Waals surface area contributed by atoms with E-state index in [1.807, 2.05) is 60.5 Å². The van der Waals surface area contributed by atoms with Gasteiger partial charge in [0.1, 0.15) is 6.07 Å². The van der Waals surface area contributed by atoms with Crippen molar-refractivity contribution in [3.05, 3.63) is 118 Å². The number of fused-ring (bicyclic) bond motifs is 1. The first-order valence-corrected chi connectivity index (χ1v) is 11.1. The molecule has 2 aromatic heterocycles. The molecule has 3 aromatic carbocycles. The number of halogens is 1. The van der Waals surface area contributed by atoms with Crippen molar-refractivity contribution >= 4 is 22.5 Å². The number of aryl methyl sites for hydroxylation is 2. The molecule has 2 heterocycles. The van der Waals surface area contributed by atoms with Gasteiger partial charge in [0.2, 0.25) is 0 Å². The predicted octanol–water partition coefficient (Wildman–Crippen LogP) is 6.65. The van der Waals surface area contributed by atoms with Gasteiger partial charge in [0.15, 0.2) is 5.69 Å². The van der Waals surface area contributed by atoms with Crippen LogP contribution in [0.3, 0.4) is 0 Å². The van der Waals surface area contributed by atoms with Crippen molar-refractivity contribution in [2.24, 2.45) is 7.05 Å². The summed E-state index contributed by atoms with van der Waals surface area (Å²) in [5.41, 5.74) is 7.12. The minimum Gasteiger partial charge on any atom is -0.337 e. The van der Waals surface area contributed by atoms with E-state index in [4.69, 9.17) is 11.6 Å². The molecule has 0 spiro atoms. The van der Waals surface area contributed by atoms with Crippen LogP contribution in [-0.4, -0.2) is 14.5 Å². The molecule has 0 aliphatic rings. The first-order chi connectivity index (χ1) is 16.1. The van der Waals surface area contributed by atoms with Gasteiger partial charge >= 0.3 is 0 Å². The number of hydrogen-bond donors (Lipinski definition) is 0. The van der Waals surface area contributed by atoms with Crippen LogP contribution in [0.1, 0.15) is 34.0 Å². The van der Waals surface area contributed by atoms with Crippen LogP contribution in [0.2, 0.25) is 5.02 Å². The zero-order valence-electron chi connectivity index (χ0n) is 18.3. The van der Waals surface area contributed by atoms with Gasteiger partial charge in [0.25, 0.3) is 0 Å². The molecule has 160 valence electrons. The van der Waals surface area contributed by atoms with Gasteiger partial charge in [-0.05, 0) is 35.7 Å². The molecule has 5 heteroatoms. The van der Waals surface area contributed by atoms with Crippen molar-refractivity contribution in [1.29, 1.82) is 5.26 Å². The molecule has 4 nitrogen and oxygen atoms in total. The fraction of sp³-hybridized carbons (Fsp3) is 0.107. The van der Waals surface area contributed by atoms with Gasteiger partial charge in [-0.25, -0.2) is 9.97 Å². The van der Waals surface area contributed by atoms with E-state index in [-0.39, 0.29) is 5.92 Å². The third-order valence-electron chi connectivity index (χ3n) is 6.01. The second-order valence-corrected chi connectivity index (χ2v) is 8.55. The maximum Gasteiger partial charge on any atom is 0.150 e. The molecule has 33 heavy (non-hydrogen) atoms. The number of rotatable bonds is 4. The van der Waals surface area contributed by atoms with Crippen LogP contribution in [0, 0.1) is 18.3 Å². The second kappa shape index (κ2) is 8.54. The van der Waals surface area contributed by atoms with Crippen molar-refractivity contribution in [3.63, 3.8) is 0 Å². The Morgan fingerprint density at radius 1 is 0.970 bits per heavy atom. The second-order valence-electron chi connectivity index (χ2n) is 8.18. The van der Waals surface area contributed by atoms with Crippen LogP contribution in [0.5, 0.6) is 0 Å². The predicted molar refractivity (Wildman–Crippen MR) is 132 cm³/mol. The number of aromatic nitrogens is 3. The Labute approximate surface area is 197 Å². The summed E-state index contributed by atoms with van der Waals surface area (Å²) < 4.78 is 2.04. The molecule has 5 rings (SSSR count). The van der Waals surface area contributed by atoms with Gasteiger partial charge in [-0.3, -0.25) is 0 Å². The topological polar surface area (TPSA) is 54.5 Å². The Hall–Kier alpha value is -3.94. The molecule has 0 radical (unpaired) electrons. The first kappa shape index (κ1) is 20.9. The third-order valence-corrected chi connectivity index (χ3v) is 6.40. The summed E-state index contributed by atoms with van der Waals surface area (Å²) >= 11 is 6.95. The molecular weight excluding hydrogens is 428 g/mol. The van der Waals surface area contributed by atoms with Crippen molar-refractivity contribution < 1.29 is 0 Å². The normalized spacial score (nSPS) is 11.9. The Bertz CT molecular complexity index is 1500. The van der Waals surface area contributed by atoms with Gasteiger partial charge in [-0.2, -0.15) is 5.26 Å². The lowest BCUT2D eigenvalue weighted by atomic mass is 9.87. The highest BCUT2D eigenvalue weighted by molar-refractivity contribution is 6.38. The molecule has 0 aliphatic carbocycles. The van der Waals surface area contributed by atoms with E-state index in [0.717, 1.165) is 22.2 Å². The average molecular weight is 449 g/mol. The van der Waals surface area contributed by atoms with Crippen molar-refractivity contribution in [1.82, 2.24) is 14.5 Å². The van der Waals surface area contributed by atoms with E-state index in [1.54, 1.807) is 0 Å². The van der Waals surface area contributed by atoms with E-state index in [9.17, 15) is 5.26 Å². The molecule has 0 N–H and O–H groups in total. The summed E-state index contributed by atoms with van der Waals surface area (Å²) in [7, 11) is 2.01. The molecule has 0 bridgehead atoms. The van der Waals surface area contributed by atoms with Gasteiger partial charge in [0.05, 0.1) is 22.8 Å². The van der Waals surface area contributed by atoms with E-state index >= 15 is 0 Å². The maximum atomic E-state index is 9.75. The zero-order valence-corrected chi connectivity index (χ0v) is 19.1. The minimum absolute atomic E-state index is 0.0191. The van der Waals surface area contributed by atoms with E-state index in [1.165, 1.54) is 11.1 Å². The number of hydrogen-bond acceptors (Lipinski definition) is 3. The molecular formula is C28H21ClN4. The monoisotopic (exact) mass is 448 g/mol. The van der Waals surface area contributed by atoms with E-state index in [0.29, 0.717) is 21.8 Å². The van der Waals surface area contributed by atoms with Crippen molar-refractivity contribution in [2.75, 3.05) is 0 Å². The average Bonchev–Trinajstić information content (AvgIpc) is 3.26. The first-order valence-electron chi connectivity index (χ1n) is 10.7. The van der Waals surface area contributed by atoms with E-state index < -0.39 is 0 Å². The minimum atomic E-state index is -0.0191. The molecule has 0 saturated carbocycles. The molecule has 0 fully saturated rings. The SMILES string of the molecule is Cc1ccc(C(c2ccc3nc(C#N)c(-c4ccccc4)c(Cl)c3c2)c2cncn2C)cc1. The van der Waals surface area contributed by atoms with Crippen LogP contribution in [0.25, 0.3) is 22.0 Å². The largest absolute Gasteiger partial charge is 0.337 e. The Morgan fingerprint density at radius 3 is 2.36 bits per heavy atom. The highest BCUT2D eigenvalue weighted by Gasteiger charge is 2.22. The maximum absolute atomic E-state index is 9.75. The van der Waals surface area contributed by atoms with Crippen molar-refractivity contribution in [2.45, 2.75) is 12.8 Å². The van der Waals surface area contributed by atoms with Gasteiger partial charge in [-0.1, -0.05) is 77.8 Å². The lowest BCUT2D eigenvalue weighted by Gasteiger charge is -2.20. The van der Waals surface area contributed by atoms with Crippen molar-refractivity contribution in [3.8, 4) is 17.2 Å². The molecule has 1 atom stereocenters. The summed E-state index contributed by atoms with van der Waals surface area (Å²) in [5.74, 6) is -0.0191. The zero-order chi connectivity index (χ0) is 22.9. The lowest BCUT2D eigenvalue weighted by molar-refractivity contribution is 0.793. The van der Waals surface area contributed by atoms with Crippen LogP contribution in [-0.2, 0) is 7.05 Å². The molecule has 1 unspecified atom stereocenters. The highest BCUT2D eigenvalue weighted by Crippen LogP contribution is 2.39. The standard InChI is InChI=1S/C28H21ClN4/c1-18-8-10-20(11-9-18)26(25-16-31-17-33(25)2)21-12-13-23-22(14-21)28(29)27(24(15-30)32-23)19-6-4-3-5-7-19/h3-14,16-17,26H,1-2H3. The lowest BCUT2D eigenvalue weighted by Crippen LogP contribution is -2.08. The Balaban J connectivity index is 1.75. The smallest absolute Gasteiger partial charge is 0.150 e. The molecule has 0 saturated heterocycles. The van der Waals surface area contributed by atoms with Gasteiger partial charge in [0, 0.05) is 29.9 Å². The number of nitriles is 1. The highest BCUT2D eigenvalue weighted by atomic mass is 35.5. The van der Waals surface area contributed by atoms with Gasteiger partial charge < -0.3 is 4.57 Å². The fourth-order valence-electron chi connectivity index (χ4n) is 4.31. The third kappa shape index (κ3) is 3.77. The Kier molecular flexibility index (Phi) is 5.42.